The van der Waals surface area contributed by atoms with Gasteiger partial charge in [-0.2, -0.15) is 0 Å². The molecule has 1 amide bonds. The average Bonchev–Trinajstić information content (AvgIpc) is 3.13. The lowest BCUT2D eigenvalue weighted by molar-refractivity contribution is 0.102. The molecule has 1 aromatic heterocycles. The lowest BCUT2D eigenvalue weighted by Crippen LogP contribution is -2.58. The molecular formula is C21H25FN6O2S. The number of carbonyl (C=O) groups is 1. The van der Waals surface area contributed by atoms with Gasteiger partial charge in [-0.25, -0.2) is 17.9 Å². The second-order valence-corrected chi connectivity index (χ2v) is 11.5. The molecule has 0 fully saturated rings. The van der Waals surface area contributed by atoms with Gasteiger partial charge in [0.25, 0.3) is 5.91 Å². The number of benzene rings is 1. The van der Waals surface area contributed by atoms with Crippen LogP contribution >= 0.6 is 0 Å². The Morgan fingerprint density at radius 2 is 2.00 bits per heavy atom. The summed E-state index contributed by atoms with van der Waals surface area (Å²) < 4.78 is 32.4. The number of carbonyl (C=O) groups excluding carboxylic acids is 1. The summed E-state index contributed by atoms with van der Waals surface area (Å²) in [6.45, 7) is 7.45. The summed E-state index contributed by atoms with van der Waals surface area (Å²) in [5, 5.41) is 2.22. The van der Waals surface area contributed by atoms with Gasteiger partial charge in [-0.3, -0.25) is 14.8 Å². The Balaban J connectivity index is 1.76. The first-order valence-corrected chi connectivity index (χ1v) is 11.5. The van der Waals surface area contributed by atoms with Crippen molar-refractivity contribution in [2.45, 2.75) is 49.7 Å². The molecule has 0 bridgehead atoms. The van der Waals surface area contributed by atoms with Crippen molar-refractivity contribution >= 4 is 27.2 Å². The van der Waals surface area contributed by atoms with Crippen LogP contribution in [-0.2, 0) is 15.3 Å². The van der Waals surface area contributed by atoms with Gasteiger partial charge >= 0.3 is 0 Å². The van der Waals surface area contributed by atoms with Gasteiger partial charge in [0.05, 0.1) is 26.9 Å². The van der Waals surface area contributed by atoms with Crippen LogP contribution in [0.4, 0.5) is 10.1 Å². The third-order valence-corrected chi connectivity index (χ3v) is 9.87. The first-order valence-electron chi connectivity index (χ1n) is 9.96. The Morgan fingerprint density at radius 1 is 1.26 bits per heavy atom. The summed E-state index contributed by atoms with van der Waals surface area (Å²) in [6, 6.07) is 4.23. The molecule has 10 heteroatoms. The number of halogens is 1. The molecule has 0 saturated carbocycles. The minimum absolute atomic E-state index is 0.141. The van der Waals surface area contributed by atoms with Crippen LogP contribution in [0.25, 0.3) is 0 Å². The lowest BCUT2D eigenvalue weighted by Gasteiger charge is -2.44. The Hall–Kier alpha value is -2.88. The smallest absolute Gasteiger partial charge is 0.275 e. The lowest BCUT2D eigenvalue weighted by atomic mass is 9.85. The monoisotopic (exact) mass is 444 g/mol. The summed E-state index contributed by atoms with van der Waals surface area (Å²) in [5.41, 5.74) is 6.46. The highest BCUT2D eigenvalue weighted by molar-refractivity contribution is 7.96. The number of aromatic nitrogens is 2. The van der Waals surface area contributed by atoms with E-state index in [-0.39, 0.29) is 17.1 Å². The molecule has 2 aliphatic heterocycles. The largest absolute Gasteiger partial charge is 0.386 e. The highest BCUT2D eigenvalue weighted by atomic mass is 32.2. The van der Waals surface area contributed by atoms with Gasteiger partial charge in [-0.1, -0.05) is 0 Å². The van der Waals surface area contributed by atoms with Crippen LogP contribution in [0.1, 0.15) is 48.9 Å². The van der Waals surface area contributed by atoms with Gasteiger partial charge in [0.1, 0.15) is 27.6 Å². The minimum Gasteiger partial charge on any atom is -0.386 e. The van der Waals surface area contributed by atoms with Crippen molar-refractivity contribution in [1.82, 2.24) is 9.97 Å². The highest BCUT2D eigenvalue weighted by Gasteiger charge is 2.56. The number of nitrogens with zero attached hydrogens (tertiary/aromatic N) is 4. The van der Waals surface area contributed by atoms with E-state index in [0.29, 0.717) is 24.3 Å². The van der Waals surface area contributed by atoms with Crippen molar-refractivity contribution in [2.75, 3.05) is 11.9 Å². The van der Waals surface area contributed by atoms with Crippen LogP contribution in [0.2, 0.25) is 0 Å². The first kappa shape index (κ1) is 21.4. The van der Waals surface area contributed by atoms with Gasteiger partial charge in [0.2, 0.25) is 0 Å². The molecule has 2 aromatic rings. The van der Waals surface area contributed by atoms with E-state index in [4.69, 9.17) is 5.73 Å². The second kappa shape index (κ2) is 7.08. The Kier molecular flexibility index (Phi) is 4.88. The van der Waals surface area contributed by atoms with Crippen LogP contribution in [0, 0.1) is 12.7 Å². The fraction of sp³-hybridized carbons (Fsp3) is 0.429. The normalized spacial score (nSPS) is 28.9. The predicted octanol–water partition coefficient (Wildman–Crippen LogP) is 2.78. The summed E-state index contributed by atoms with van der Waals surface area (Å²) in [7, 11) is -2.78. The number of amides is 1. The van der Waals surface area contributed by atoms with Crippen LogP contribution in [0.3, 0.4) is 0 Å². The SMILES string of the molecule is Cc1cnc(C(=O)Nc2ccc(F)c([C@@]3(C)N=C(N)C(C)(C)[S@@]4(=O)=NCC[C@@H]34)c2)cn1. The molecule has 164 valence electrons. The summed E-state index contributed by atoms with van der Waals surface area (Å²) in [5.74, 6) is -0.797. The zero-order chi connectivity index (χ0) is 22.6. The average molecular weight is 445 g/mol. The molecule has 3 heterocycles. The van der Waals surface area contributed by atoms with Gasteiger partial charge in [0, 0.05) is 24.0 Å². The molecule has 8 nitrogen and oxygen atoms in total. The number of nitrogens with one attached hydrogen (secondary N) is 1. The zero-order valence-electron chi connectivity index (χ0n) is 17.8. The van der Waals surface area contributed by atoms with Crippen molar-refractivity contribution in [1.29, 1.82) is 0 Å². The van der Waals surface area contributed by atoms with E-state index in [2.05, 4.69) is 24.6 Å². The standard InChI is InChI=1S/C21H25FN6O2S/c1-12-10-25-16(11-24-12)18(29)27-13-5-6-15(22)14(9-13)21(4)17-7-8-26-31(17,30)20(2,3)19(23)28-21/h5-6,9-11,17H,7-8H2,1-4H3,(H2,23,28)(H,27,29)/t17-,21+,31+/m0/s1. The number of aliphatic imine (C=N–C) groups is 1. The van der Waals surface area contributed by atoms with E-state index in [1.54, 1.807) is 27.7 Å². The van der Waals surface area contributed by atoms with Crippen LogP contribution in [-0.4, -0.2) is 42.5 Å². The van der Waals surface area contributed by atoms with Crippen LogP contribution in [0.15, 0.2) is 39.9 Å². The third-order valence-electron chi connectivity index (χ3n) is 6.17. The van der Waals surface area contributed by atoms with E-state index in [1.165, 1.54) is 30.6 Å². The zero-order valence-corrected chi connectivity index (χ0v) is 18.7. The van der Waals surface area contributed by atoms with Crippen LogP contribution in [0.5, 0.6) is 0 Å². The molecule has 3 N–H and O–H groups in total. The van der Waals surface area contributed by atoms with Gasteiger partial charge in [0.15, 0.2) is 0 Å². The number of fused-ring (bicyclic) bond motifs is 1. The van der Waals surface area contributed by atoms with Gasteiger partial charge in [-0.15, -0.1) is 0 Å². The van der Waals surface area contributed by atoms with Gasteiger partial charge < -0.3 is 11.1 Å². The van der Waals surface area contributed by atoms with Crippen molar-refractivity contribution in [3.63, 3.8) is 0 Å². The molecule has 0 aliphatic carbocycles. The molecule has 3 atom stereocenters. The Labute approximate surface area is 180 Å². The van der Waals surface area contributed by atoms with E-state index >= 15 is 4.39 Å². The number of rotatable bonds is 3. The van der Waals surface area contributed by atoms with Crippen molar-refractivity contribution in [3.8, 4) is 0 Å². The summed E-state index contributed by atoms with van der Waals surface area (Å²) >= 11 is 0. The van der Waals surface area contributed by atoms with Gasteiger partial charge in [-0.05, 0) is 52.3 Å². The van der Waals surface area contributed by atoms with E-state index in [0.717, 1.165) is 0 Å². The molecule has 1 aromatic carbocycles. The number of hydrogen-bond donors (Lipinski definition) is 2. The number of nitrogens with two attached hydrogens (primary N) is 1. The first-order chi connectivity index (χ1) is 14.5. The molecule has 31 heavy (non-hydrogen) atoms. The van der Waals surface area contributed by atoms with E-state index < -0.39 is 37.0 Å². The molecule has 4 rings (SSSR count). The third kappa shape index (κ3) is 3.20. The molecule has 2 aliphatic rings. The fourth-order valence-electron chi connectivity index (χ4n) is 4.20. The fourth-order valence-corrected chi connectivity index (χ4v) is 7.36. The minimum atomic E-state index is -2.78. The molecule has 0 unspecified atom stereocenters. The molecule has 0 saturated heterocycles. The number of amidine groups is 1. The maximum Gasteiger partial charge on any atom is 0.275 e. The highest BCUT2D eigenvalue weighted by Crippen LogP contribution is 2.48. The maximum absolute atomic E-state index is 15.0. The summed E-state index contributed by atoms with van der Waals surface area (Å²) in [6.07, 6.45) is 3.39. The van der Waals surface area contributed by atoms with E-state index in [9.17, 15) is 9.00 Å². The summed E-state index contributed by atoms with van der Waals surface area (Å²) in [4.78, 5) is 25.3. The Bertz CT molecular complexity index is 1220. The number of aryl methyl sites for hydroxylation is 1. The molecule has 0 spiro atoms. The topological polar surface area (TPSA) is 123 Å². The quantitative estimate of drug-likeness (QED) is 0.754. The molecular weight excluding hydrogens is 419 g/mol. The van der Waals surface area contributed by atoms with Crippen molar-refractivity contribution in [3.05, 3.63) is 53.4 Å². The Morgan fingerprint density at radius 3 is 2.68 bits per heavy atom. The predicted molar refractivity (Wildman–Crippen MR) is 118 cm³/mol. The second-order valence-electron chi connectivity index (χ2n) is 8.55. The maximum atomic E-state index is 15.0. The van der Waals surface area contributed by atoms with Crippen LogP contribution < -0.4 is 11.1 Å². The van der Waals surface area contributed by atoms with Crippen molar-refractivity contribution < 1.29 is 13.4 Å². The molecule has 0 radical (unpaired) electrons. The number of anilines is 1. The van der Waals surface area contributed by atoms with E-state index in [1.807, 2.05) is 0 Å². The number of hydrogen-bond acceptors (Lipinski definition) is 7. The van der Waals surface area contributed by atoms with Crippen molar-refractivity contribution in [2.24, 2.45) is 15.1 Å².